The van der Waals surface area contributed by atoms with Crippen LogP contribution in [0.2, 0.25) is 0 Å². The van der Waals surface area contributed by atoms with Gasteiger partial charge in [-0.1, -0.05) is 60.9 Å². The van der Waals surface area contributed by atoms with E-state index in [1.807, 2.05) is 25.2 Å². The first-order valence-corrected chi connectivity index (χ1v) is 10.0. The lowest BCUT2D eigenvalue weighted by atomic mass is 9.72. The molecule has 0 unspecified atom stereocenters. The van der Waals surface area contributed by atoms with Gasteiger partial charge in [-0.2, -0.15) is 0 Å². The Hall–Kier alpha value is -2.62. The van der Waals surface area contributed by atoms with Gasteiger partial charge < -0.3 is 9.84 Å². The van der Waals surface area contributed by atoms with Crippen molar-refractivity contribution in [3.63, 3.8) is 0 Å². The van der Waals surface area contributed by atoms with E-state index in [1.165, 1.54) is 37.3 Å². The van der Waals surface area contributed by atoms with Crippen molar-refractivity contribution in [1.82, 2.24) is 0 Å². The van der Waals surface area contributed by atoms with Crippen molar-refractivity contribution in [3.8, 4) is 0 Å². The largest absolute Gasteiger partial charge is 0.478 e. The number of aliphatic carboxylic acids is 1. The van der Waals surface area contributed by atoms with E-state index >= 15 is 0 Å². The van der Waals surface area contributed by atoms with Gasteiger partial charge in [0.15, 0.2) is 0 Å². The van der Waals surface area contributed by atoms with Gasteiger partial charge in [0.25, 0.3) is 0 Å². The lowest BCUT2D eigenvalue weighted by Gasteiger charge is -2.32. The van der Waals surface area contributed by atoms with Crippen molar-refractivity contribution < 1.29 is 19.4 Å². The van der Waals surface area contributed by atoms with Crippen LogP contribution in [0.25, 0.3) is 0 Å². The summed E-state index contributed by atoms with van der Waals surface area (Å²) in [6, 6.07) is 0. The molecular formula is C25H34O4. The molecule has 0 bridgehead atoms. The SMILES string of the molecule is CC(C=CC1=C(C)CCCC1(C)C)=CC=CC(C)=CCOC(=O)/C(C)=C/C(=O)O. The predicted octanol–water partition coefficient (Wildman–Crippen LogP) is 6.09. The summed E-state index contributed by atoms with van der Waals surface area (Å²) in [7, 11) is 0. The normalized spacial score (nSPS) is 18.6. The van der Waals surface area contributed by atoms with Gasteiger partial charge in [-0.15, -0.1) is 0 Å². The van der Waals surface area contributed by atoms with Crippen LogP contribution in [0.1, 0.15) is 60.8 Å². The summed E-state index contributed by atoms with van der Waals surface area (Å²) < 4.78 is 5.03. The van der Waals surface area contributed by atoms with E-state index in [0.29, 0.717) is 0 Å². The van der Waals surface area contributed by atoms with E-state index in [1.54, 1.807) is 6.08 Å². The first-order chi connectivity index (χ1) is 13.5. The quantitative estimate of drug-likeness (QED) is 0.305. The van der Waals surface area contributed by atoms with Crippen LogP contribution < -0.4 is 0 Å². The van der Waals surface area contributed by atoms with Crippen molar-refractivity contribution in [2.75, 3.05) is 6.61 Å². The highest BCUT2D eigenvalue weighted by Crippen LogP contribution is 2.40. The molecule has 158 valence electrons. The molecule has 0 radical (unpaired) electrons. The summed E-state index contributed by atoms with van der Waals surface area (Å²) in [6.45, 7) is 12.4. The molecule has 0 saturated heterocycles. The van der Waals surface area contributed by atoms with Gasteiger partial charge in [0.2, 0.25) is 0 Å². The van der Waals surface area contributed by atoms with Crippen LogP contribution in [0.15, 0.2) is 70.4 Å². The molecule has 0 aromatic heterocycles. The zero-order valence-corrected chi connectivity index (χ0v) is 18.5. The van der Waals surface area contributed by atoms with Gasteiger partial charge in [-0.25, -0.2) is 9.59 Å². The summed E-state index contributed by atoms with van der Waals surface area (Å²) in [5, 5.41) is 8.62. The second-order valence-electron chi connectivity index (χ2n) is 8.25. The van der Waals surface area contributed by atoms with Gasteiger partial charge >= 0.3 is 11.9 Å². The lowest BCUT2D eigenvalue weighted by molar-refractivity contribution is -0.138. The highest BCUT2D eigenvalue weighted by atomic mass is 16.5. The van der Waals surface area contributed by atoms with Gasteiger partial charge in [-0.3, -0.25) is 0 Å². The van der Waals surface area contributed by atoms with Crippen molar-refractivity contribution in [2.24, 2.45) is 5.41 Å². The average molecular weight is 399 g/mol. The maximum absolute atomic E-state index is 11.6. The Morgan fingerprint density at radius 2 is 1.83 bits per heavy atom. The average Bonchev–Trinajstić information content (AvgIpc) is 2.60. The molecule has 1 rings (SSSR count). The molecule has 4 nitrogen and oxygen atoms in total. The van der Waals surface area contributed by atoms with Gasteiger partial charge in [0, 0.05) is 11.6 Å². The van der Waals surface area contributed by atoms with Crippen LogP contribution in [0.3, 0.4) is 0 Å². The fourth-order valence-corrected chi connectivity index (χ4v) is 3.31. The number of allylic oxidation sites excluding steroid dienone is 9. The van der Waals surface area contributed by atoms with Crippen molar-refractivity contribution in [1.29, 1.82) is 0 Å². The minimum absolute atomic E-state index is 0.0657. The maximum atomic E-state index is 11.6. The van der Waals surface area contributed by atoms with E-state index in [-0.39, 0.29) is 17.6 Å². The zero-order chi connectivity index (χ0) is 22.0. The highest BCUT2D eigenvalue weighted by Gasteiger charge is 2.26. The first-order valence-electron chi connectivity index (χ1n) is 10.0. The molecule has 1 aliphatic carbocycles. The summed E-state index contributed by atoms with van der Waals surface area (Å²) in [6.07, 6.45) is 16.7. The Labute approximate surface area is 175 Å². The second-order valence-corrected chi connectivity index (χ2v) is 8.25. The second kappa shape index (κ2) is 11.4. The van der Waals surface area contributed by atoms with E-state index in [2.05, 4.69) is 39.8 Å². The number of carboxylic acids is 1. The number of carbonyl (C=O) groups is 2. The number of rotatable bonds is 8. The molecule has 0 saturated carbocycles. The van der Waals surface area contributed by atoms with Crippen LogP contribution in [0.4, 0.5) is 0 Å². The summed E-state index contributed by atoms with van der Waals surface area (Å²) >= 11 is 0. The number of hydrogen-bond acceptors (Lipinski definition) is 3. The lowest BCUT2D eigenvalue weighted by Crippen LogP contribution is -2.19. The van der Waals surface area contributed by atoms with Crippen LogP contribution in [-0.2, 0) is 14.3 Å². The Kier molecular flexibility index (Phi) is 9.60. The van der Waals surface area contributed by atoms with Gasteiger partial charge in [-0.05, 0) is 64.0 Å². The minimum atomic E-state index is -1.16. The third kappa shape index (κ3) is 8.95. The number of ether oxygens (including phenoxy) is 1. The van der Waals surface area contributed by atoms with E-state index < -0.39 is 11.9 Å². The molecule has 0 heterocycles. The first kappa shape index (κ1) is 24.4. The Balaban J connectivity index is 2.62. The fourth-order valence-electron chi connectivity index (χ4n) is 3.31. The molecular weight excluding hydrogens is 364 g/mol. The predicted molar refractivity (Wildman–Crippen MR) is 118 cm³/mol. The zero-order valence-electron chi connectivity index (χ0n) is 18.5. The topological polar surface area (TPSA) is 63.6 Å². The van der Waals surface area contributed by atoms with E-state index in [0.717, 1.165) is 17.2 Å². The maximum Gasteiger partial charge on any atom is 0.334 e. The summed E-state index contributed by atoms with van der Waals surface area (Å²) in [4.78, 5) is 22.1. The summed E-state index contributed by atoms with van der Waals surface area (Å²) in [5.74, 6) is -1.79. The van der Waals surface area contributed by atoms with Crippen LogP contribution >= 0.6 is 0 Å². The molecule has 4 heteroatoms. The monoisotopic (exact) mass is 398 g/mol. The fraction of sp³-hybridized carbons (Fsp3) is 0.440. The smallest absolute Gasteiger partial charge is 0.334 e. The molecule has 0 aliphatic heterocycles. The van der Waals surface area contributed by atoms with Crippen LogP contribution in [-0.4, -0.2) is 23.7 Å². The van der Waals surface area contributed by atoms with Crippen LogP contribution in [0.5, 0.6) is 0 Å². The number of hydrogen-bond donors (Lipinski definition) is 1. The number of carboxylic acid groups (broad SMARTS) is 1. The molecule has 1 aliphatic rings. The number of esters is 1. The Morgan fingerprint density at radius 1 is 1.14 bits per heavy atom. The molecule has 0 aromatic carbocycles. The minimum Gasteiger partial charge on any atom is -0.478 e. The van der Waals surface area contributed by atoms with Crippen LogP contribution in [0, 0.1) is 5.41 Å². The molecule has 0 fully saturated rings. The van der Waals surface area contributed by atoms with Crippen molar-refractivity contribution in [2.45, 2.75) is 60.8 Å². The number of carbonyl (C=O) groups excluding carboxylic acids is 1. The van der Waals surface area contributed by atoms with Gasteiger partial charge in [0.1, 0.15) is 6.61 Å². The highest BCUT2D eigenvalue weighted by molar-refractivity contribution is 5.95. The molecule has 0 spiro atoms. The van der Waals surface area contributed by atoms with Gasteiger partial charge in [0.05, 0.1) is 0 Å². The molecule has 0 atom stereocenters. The molecule has 0 aromatic rings. The Bertz CT molecular complexity index is 799. The van der Waals surface area contributed by atoms with E-state index in [9.17, 15) is 9.59 Å². The third-order valence-corrected chi connectivity index (χ3v) is 5.06. The van der Waals surface area contributed by atoms with Crippen molar-refractivity contribution >= 4 is 11.9 Å². The molecule has 0 amide bonds. The van der Waals surface area contributed by atoms with Crippen molar-refractivity contribution in [3.05, 3.63) is 70.4 Å². The van der Waals surface area contributed by atoms with E-state index in [4.69, 9.17) is 9.84 Å². The molecule has 29 heavy (non-hydrogen) atoms. The standard InChI is InChI=1S/C25H34O4/c1-18(12-13-22-20(3)11-8-15-25(22,5)6)9-7-10-19(2)14-16-29-24(28)21(4)17-23(26)27/h7,9-10,12-14,17H,8,11,15-16H2,1-6H3,(H,26,27)/b10-7?,13-12?,18-9?,19-14?,21-17+. The summed E-state index contributed by atoms with van der Waals surface area (Å²) in [5.41, 5.74) is 5.36. The Morgan fingerprint density at radius 3 is 2.45 bits per heavy atom. The third-order valence-electron chi connectivity index (χ3n) is 5.06. The molecule has 1 N–H and O–H groups in total.